The van der Waals surface area contributed by atoms with Crippen molar-refractivity contribution < 1.29 is 8.78 Å². The smallest absolute Gasteiger partial charge is 0.160 e. The molecule has 4 rings (SSSR count). The minimum Gasteiger partial charge on any atom is -0.340 e. The minimum absolute atomic E-state index is 0.512. The molecule has 2 aromatic carbocycles. The van der Waals surface area contributed by atoms with Gasteiger partial charge in [0.05, 0.1) is 11.1 Å². The Balaban J connectivity index is 1.89. The first kappa shape index (κ1) is 17.6. The molecule has 1 N–H and O–H groups in total. The Morgan fingerprint density at radius 3 is 2.41 bits per heavy atom. The number of halogens is 3. The van der Waals surface area contributed by atoms with Gasteiger partial charge in [0.1, 0.15) is 12.1 Å². The fraction of sp³-hybridized carbons (Fsp3) is 0.100. The zero-order valence-corrected chi connectivity index (χ0v) is 16.2. The third-order valence-electron chi connectivity index (χ3n) is 4.56. The van der Waals surface area contributed by atoms with Gasteiger partial charge in [0.15, 0.2) is 17.3 Å². The second-order valence-electron chi connectivity index (χ2n) is 6.20. The van der Waals surface area contributed by atoms with Crippen molar-refractivity contribution in [3.05, 3.63) is 76.2 Å². The maximum atomic E-state index is 13.8. The molecular formula is C20H15BrF2N4. The number of aryl methyl sites for hydroxylation is 1. The number of aromatic nitrogens is 3. The van der Waals surface area contributed by atoms with E-state index in [4.69, 9.17) is 0 Å². The number of nitrogens with one attached hydrogen (secondary N) is 1. The van der Waals surface area contributed by atoms with E-state index in [0.717, 1.165) is 32.9 Å². The molecule has 0 spiro atoms. The Kier molecular flexibility index (Phi) is 4.39. The van der Waals surface area contributed by atoms with E-state index in [1.165, 1.54) is 18.5 Å². The molecule has 2 aromatic heterocycles. The Morgan fingerprint density at radius 1 is 0.963 bits per heavy atom. The summed E-state index contributed by atoms with van der Waals surface area (Å²) < 4.78 is 29.9. The van der Waals surface area contributed by atoms with Gasteiger partial charge in [-0.05, 0) is 55.8 Å². The lowest BCUT2D eigenvalue weighted by Gasteiger charge is -2.09. The van der Waals surface area contributed by atoms with E-state index in [-0.39, 0.29) is 0 Å². The van der Waals surface area contributed by atoms with Crippen LogP contribution < -0.4 is 5.32 Å². The van der Waals surface area contributed by atoms with Crippen LogP contribution in [-0.2, 0) is 0 Å². The summed E-state index contributed by atoms with van der Waals surface area (Å²) in [6, 6.07) is 11.6. The van der Waals surface area contributed by atoms with Gasteiger partial charge in [0.25, 0.3) is 0 Å². The lowest BCUT2D eigenvalue weighted by atomic mass is 10.2. The quantitative estimate of drug-likeness (QED) is 0.446. The first-order valence-corrected chi connectivity index (χ1v) is 9.05. The number of benzene rings is 2. The van der Waals surface area contributed by atoms with E-state index in [9.17, 15) is 8.78 Å². The largest absolute Gasteiger partial charge is 0.340 e. The SMILES string of the molecule is Cc1c(C)n(-c2ccc(F)c(F)c2)c2ncnc(Nc3ccc(Br)cc3)c12. The molecule has 0 saturated heterocycles. The second kappa shape index (κ2) is 6.74. The summed E-state index contributed by atoms with van der Waals surface area (Å²) in [5.74, 6) is -1.12. The number of hydrogen-bond acceptors (Lipinski definition) is 3. The summed E-state index contributed by atoms with van der Waals surface area (Å²) in [7, 11) is 0. The molecule has 0 fully saturated rings. The van der Waals surface area contributed by atoms with Crippen LogP contribution in [0.1, 0.15) is 11.3 Å². The molecule has 0 unspecified atom stereocenters. The Hall–Kier alpha value is -2.80. The number of anilines is 2. The van der Waals surface area contributed by atoms with Gasteiger partial charge in [-0.2, -0.15) is 0 Å². The Morgan fingerprint density at radius 2 is 1.70 bits per heavy atom. The van der Waals surface area contributed by atoms with Gasteiger partial charge < -0.3 is 5.32 Å². The molecule has 0 saturated carbocycles. The number of nitrogens with zero attached hydrogens (tertiary/aromatic N) is 3. The van der Waals surface area contributed by atoms with Crippen molar-refractivity contribution in [3.8, 4) is 5.69 Å². The van der Waals surface area contributed by atoms with Crippen molar-refractivity contribution in [2.45, 2.75) is 13.8 Å². The zero-order valence-electron chi connectivity index (χ0n) is 14.6. The van der Waals surface area contributed by atoms with E-state index in [0.29, 0.717) is 17.2 Å². The van der Waals surface area contributed by atoms with Crippen molar-refractivity contribution in [2.75, 3.05) is 5.32 Å². The fourth-order valence-corrected chi connectivity index (χ4v) is 3.37. The van der Waals surface area contributed by atoms with Crippen LogP contribution in [0.5, 0.6) is 0 Å². The lowest BCUT2D eigenvalue weighted by Crippen LogP contribution is -2.00. The molecule has 4 aromatic rings. The first-order chi connectivity index (χ1) is 13.0. The molecule has 0 bridgehead atoms. The Bertz CT molecular complexity index is 1150. The van der Waals surface area contributed by atoms with Gasteiger partial charge in [-0.1, -0.05) is 15.9 Å². The fourth-order valence-electron chi connectivity index (χ4n) is 3.10. The highest BCUT2D eigenvalue weighted by molar-refractivity contribution is 9.10. The van der Waals surface area contributed by atoms with Crippen molar-refractivity contribution >= 4 is 38.5 Å². The summed E-state index contributed by atoms with van der Waals surface area (Å²) in [5.41, 5.74) is 3.88. The average Bonchev–Trinajstić information content (AvgIpc) is 2.91. The highest BCUT2D eigenvalue weighted by Gasteiger charge is 2.18. The maximum Gasteiger partial charge on any atom is 0.160 e. The first-order valence-electron chi connectivity index (χ1n) is 8.26. The monoisotopic (exact) mass is 428 g/mol. The van der Waals surface area contributed by atoms with Gasteiger partial charge in [-0.3, -0.25) is 4.57 Å². The van der Waals surface area contributed by atoms with Gasteiger partial charge in [-0.15, -0.1) is 0 Å². The number of hydrogen-bond donors (Lipinski definition) is 1. The molecule has 7 heteroatoms. The van der Waals surface area contributed by atoms with E-state index >= 15 is 0 Å². The molecule has 0 aliphatic carbocycles. The average molecular weight is 429 g/mol. The van der Waals surface area contributed by atoms with E-state index in [2.05, 4.69) is 31.2 Å². The van der Waals surface area contributed by atoms with E-state index in [1.807, 2.05) is 42.7 Å². The maximum absolute atomic E-state index is 13.8. The van der Waals surface area contributed by atoms with Crippen LogP contribution in [0.2, 0.25) is 0 Å². The molecular weight excluding hydrogens is 414 g/mol. The van der Waals surface area contributed by atoms with Crippen LogP contribution in [0.4, 0.5) is 20.3 Å². The van der Waals surface area contributed by atoms with Crippen LogP contribution >= 0.6 is 15.9 Å². The summed E-state index contributed by atoms with van der Waals surface area (Å²) in [4.78, 5) is 8.78. The molecule has 0 aliphatic rings. The molecule has 4 nitrogen and oxygen atoms in total. The Labute approximate surface area is 163 Å². The van der Waals surface area contributed by atoms with Crippen molar-refractivity contribution in [3.63, 3.8) is 0 Å². The van der Waals surface area contributed by atoms with Crippen LogP contribution in [0.3, 0.4) is 0 Å². The van der Waals surface area contributed by atoms with Gasteiger partial charge in [0, 0.05) is 21.9 Å². The summed E-state index contributed by atoms with van der Waals surface area (Å²) in [6.07, 6.45) is 1.46. The molecule has 0 atom stereocenters. The van der Waals surface area contributed by atoms with Gasteiger partial charge in [0.2, 0.25) is 0 Å². The van der Waals surface area contributed by atoms with E-state index < -0.39 is 11.6 Å². The van der Waals surface area contributed by atoms with Crippen molar-refractivity contribution in [1.82, 2.24) is 14.5 Å². The molecule has 27 heavy (non-hydrogen) atoms. The number of rotatable bonds is 3. The third-order valence-corrected chi connectivity index (χ3v) is 5.09. The lowest BCUT2D eigenvalue weighted by molar-refractivity contribution is 0.508. The highest BCUT2D eigenvalue weighted by atomic mass is 79.9. The van der Waals surface area contributed by atoms with Gasteiger partial charge in [-0.25, -0.2) is 18.7 Å². The van der Waals surface area contributed by atoms with Crippen LogP contribution in [0.25, 0.3) is 16.7 Å². The molecule has 136 valence electrons. The van der Waals surface area contributed by atoms with Crippen LogP contribution in [0, 0.1) is 25.5 Å². The molecule has 0 aliphatic heterocycles. The third kappa shape index (κ3) is 3.08. The second-order valence-corrected chi connectivity index (χ2v) is 7.11. The summed E-state index contributed by atoms with van der Waals surface area (Å²) in [6.45, 7) is 3.88. The van der Waals surface area contributed by atoms with Crippen molar-refractivity contribution in [1.29, 1.82) is 0 Å². The highest BCUT2D eigenvalue weighted by Crippen LogP contribution is 2.33. The van der Waals surface area contributed by atoms with Crippen LogP contribution in [-0.4, -0.2) is 14.5 Å². The predicted octanol–water partition coefficient (Wildman–Crippen LogP) is 5.82. The molecule has 0 amide bonds. The molecule has 2 heterocycles. The van der Waals surface area contributed by atoms with E-state index in [1.54, 1.807) is 0 Å². The summed E-state index contributed by atoms with van der Waals surface area (Å²) in [5, 5.41) is 4.14. The predicted molar refractivity (Wildman–Crippen MR) is 106 cm³/mol. The standard InChI is InChI=1S/C20H15BrF2N4/c1-11-12(2)27(15-7-8-16(22)17(23)9-15)20-18(11)19(24-10-25-20)26-14-5-3-13(21)4-6-14/h3-10H,1-2H3,(H,24,25,26). The minimum atomic E-state index is -0.895. The zero-order chi connectivity index (χ0) is 19.1. The topological polar surface area (TPSA) is 42.7 Å². The number of fused-ring (bicyclic) bond motifs is 1. The van der Waals surface area contributed by atoms with Crippen molar-refractivity contribution in [2.24, 2.45) is 0 Å². The summed E-state index contributed by atoms with van der Waals surface area (Å²) >= 11 is 3.42. The van der Waals surface area contributed by atoms with Crippen LogP contribution in [0.15, 0.2) is 53.3 Å². The van der Waals surface area contributed by atoms with Gasteiger partial charge >= 0.3 is 0 Å². The molecule has 0 radical (unpaired) electrons. The normalized spacial score (nSPS) is 11.1.